The van der Waals surface area contributed by atoms with Gasteiger partial charge < -0.3 is 0 Å². The molecule has 0 aliphatic heterocycles. The van der Waals surface area contributed by atoms with Crippen molar-refractivity contribution in [2.75, 3.05) is 0 Å². The molecule has 3 rings (SSSR count). The van der Waals surface area contributed by atoms with Gasteiger partial charge in [0.1, 0.15) is 0 Å². The summed E-state index contributed by atoms with van der Waals surface area (Å²) in [6.45, 7) is 2.17. The van der Waals surface area contributed by atoms with Crippen molar-refractivity contribution < 1.29 is 0 Å². The Morgan fingerprint density at radius 3 is 2.50 bits per heavy atom. The SMILES string of the molecule is CCc1c2ccccc2nn1-c1ccc(Br)cc1. The van der Waals surface area contributed by atoms with Gasteiger partial charge in [-0.2, -0.15) is 5.10 Å². The molecule has 90 valence electrons. The van der Waals surface area contributed by atoms with Crippen LogP contribution in [0.2, 0.25) is 0 Å². The van der Waals surface area contributed by atoms with Crippen molar-refractivity contribution in [2.24, 2.45) is 0 Å². The summed E-state index contributed by atoms with van der Waals surface area (Å²) in [5.41, 5.74) is 3.41. The van der Waals surface area contributed by atoms with Gasteiger partial charge in [0, 0.05) is 9.86 Å². The standard InChI is InChI=1S/C15H13BrN2/c1-2-15-13-5-3-4-6-14(13)17-18(15)12-9-7-11(16)8-10-12/h3-10H,2H2,1H3. The van der Waals surface area contributed by atoms with Crippen LogP contribution in [0.3, 0.4) is 0 Å². The molecular formula is C15H13BrN2. The van der Waals surface area contributed by atoms with Gasteiger partial charge in [0.25, 0.3) is 0 Å². The van der Waals surface area contributed by atoms with Crippen LogP contribution < -0.4 is 0 Å². The fraction of sp³-hybridized carbons (Fsp3) is 0.133. The Labute approximate surface area is 114 Å². The first kappa shape index (κ1) is 11.5. The molecule has 0 bridgehead atoms. The fourth-order valence-electron chi connectivity index (χ4n) is 2.22. The van der Waals surface area contributed by atoms with E-state index in [1.54, 1.807) is 0 Å². The molecule has 0 saturated carbocycles. The van der Waals surface area contributed by atoms with Crippen LogP contribution in [0.5, 0.6) is 0 Å². The molecular weight excluding hydrogens is 288 g/mol. The lowest BCUT2D eigenvalue weighted by atomic mass is 10.2. The van der Waals surface area contributed by atoms with Crippen molar-refractivity contribution >= 4 is 26.8 Å². The number of rotatable bonds is 2. The molecule has 2 nitrogen and oxygen atoms in total. The number of nitrogens with zero attached hydrogens (tertiary/aromatic N) is 2. The van der Waals surface area contributed by atoms with E-state index in [0.717, 1.165) is 22.1 Å². The molecule has 1 heterocycles. The number of aryl methyl sites for hydroxylation is 1. The second-order valence-electron chi connectivity index (χ2n) is 4.21. The number of aromatic nitrogens is 2. The largest absolute Gasteiger partial charge is 0.237 e. The highest BCUT2D eigenvalue weighted by Crippen LogP contribution is 2.23. The topological polar surface area (TPSA) is 17.8 Å². The summed E-state index contributed by atoms with van der Waals surface area (Å²) in [4.78, 5) is 0. The molecule has 0 radical (unpaired) electrons. The van der Waals surface area contributed by atoms with E-state index in [9.17, 15) is 0 Å². The smallest absolute Gasteiger partial charge is 0.0930 e. The molecule has 0 atom stereocenters. The predicted octanol–water partition coefficient (Wildman–Crippen LogP) is 4.35. The van der Waals surface area contributed by atoms with Crippen LogP contribution in [0.15, 0.2) is 53.0 Å². The quantitative estimate of drug-likeness (QED) is 0.688. The van der Waals surface area contributed by atoms with Crippen LogP contribution in [0.25, 0.3) is 16.6 Å². The van der Waals surface area contributed by atoms with E-state index in [1.807, 2.05) is 22.9 Å². The van der Waals surface area contributed by atoms with Crippen molar-refractivity contribution in [1.29, 1.82) is 0 Å². The monoisotopic (exact) mass is 300 g/mol. The average Bonchev–Trinajstić information content (AvgIpc) is 2.78. The van der Waals surface area contributed by atoms with E-state index in [4.69, 9.17) is 0 Å². The minimum absolute atomic E-state index is 0.969. The van der Waals surface area contributed by atoms with Crippen molar-refractivity contribution in [3.8, 4) is 5.69 Å². The molecule has 0 aliphatic rings. The van der Waals surface area contributed by atoms with Gasteiger partial charge in [-0.1, -0.05) is 41.1 Å². The van der Waals surface area contributed by atoms with Gasteiger partial charge in [-0.15, -0.1) is 0 Å². The van der Waals surface area contributed by atoms with Crippen LogP contribution >= 0.6 is 15.9 Å². The Morgan fingerprint density at radius 2 is 1.78 bits per heavy atom. The zero-order valence-corrected chi connectivity index (χ0v) is 11.7. The Kier molecular flexibility index (Phi) is 2.92. The first-order valence-corrected chi connectivity index (χ1v) is 6.81. The Balaban J connectivity index is 2.25. The summed E-state index contributed by atoms with van der Waals surface area (Å²) in [5.74, 6) is 0. The lowest BCUT2D eigenvalue weighted by Gasteiger charge is -2.05. The average molecular weight is 301 g/mol. The highest BCUT2D eigenvalue weighted by atomic mass is 79.9. The summed E-state index contributed by atoms with van der Waals surface area (Å²) in [6, 6.07) is 16.5. The highest BCUT2D eigenvalue weighted by Gasteiger charge is 2.10. The Bertz CT molecular complexity index is 683. The maximum atomic E-state index is 4.68. The molecule has 0 spiro atoms. The molecule has 3 aromatic rings. The molecule has 18 heavy (non-hydrogen) atoms. The minimum Gasteiger partial charge on any atom is -0.237 e. The first-order chi connectivity index (χ1) is 8.79. The van der Waals surface area contributed by atoms with E-state index in [-0.39, 0.29) is 0 Å². The normalized spacial score (nSPS) is 11.0. The van der Waals surface area contributed by atoms with Crippen LogP contribution in [0, 0.1) is 0 Å². The van der Waals surface area contributed by atoms with Crippen molar-refractivity contribution in [3.63, 3.8) is 0 Å². The number of hydrogen-bond acceptors (Lipinski definition) is 1. The second kappa shape index (κ2) is 4.58. The van der Waals surface area contributed by atoms with E-state index >= 15 is 0 Å². The van der Waals surface area contributed by atoms with Crippen LogP contribution in [-0.2, 0) is 6.42 Å². The third-order valence-electron chi connectivity index (χ3n) is 3.08. The van der Waals surface area contributed by atoms with Crippen LogP contribution in [-0.4, -0.2) is 9.78 Å². The van der Waals surface area contributed by atoms with Gasteiger partial charge in [0.15, 0.2) is 0 Å². The molecule has 1 aromatic heterocycles. The lowest BCUT2D eigenvalue weighted by molar-refractivity contribution is 0.826. The van der Waals surface area contributed by atoms with Crippen molar-refractivity contribution in [3.05, 3.63) is 58.7 Å². The molecule has 0 unspecified atom stereocenters. The molecule has 0 amide bonds. The zero-order chi connectivity index (χ0) is 12.5. The number of halogens is 1. The second-order valence-corrected chi connectivity index (χ2v) is 5.12. The van der Waals surface area contributed by atoms with Gasteiger partial charge in [0.05, 0.1) is 16.9 Å². The van der Waals surface area contributed by atoms with Crippen molar-refractivity contribution in [2.45, 2.75) is 13.3 Å². The highest BCUT2D eigenvalue weighted by molar-refractivity contribution is 9.10. The van der Waals surface area contributed by atoms with E-state index in [2.05, 4.69) is 58.3 Å². The summed E-state index contributed by atoms with van der Waals surface area (Å²) in [7, 11) is 0. The van der Waals surface area contributed by atoms with E-state index in [0.29, 0.717) is 0 Å². The van der Waals surface area contributed by atoms with E-state index in [1.165, 1.54) is 11.1 Å². The Morgan fingerprint density at radius 1 is 1.06 bits per heavy atom. The van der Waals surface area contributed by atoms with Gasteiger partial charge in [0.2, 0.25) is 0 Å². The first-order valence-electron chi connectivity index (χ1n) is 6.02. The van der Waals surface area contributed by atoms with Gasteiger partial charge in [-0.05, 0) is 36.8 Å². The summed E-state index contributed by atoms with van der Waals surface area (Å²) in [6.07, 6.45) is 0.969. The summed E-state index contributed by atoms with van der Waals surface area (Å²) in [5, 5.41) is 5.92. The Hall–Kier alpha value is -1.61. The number of benzene rings is 2. The van der Waals surface area contributed by atoms with Crippen molar-refractivity contribution in [1.82, 2.24) is 9.78 Å². The minimum atomic E-state index is 0.969. The number of hydrogen-bond donors (Lipinski definition) is 0. The number of fused-ring (bicyclic) bond motifs is 1. The maximum Gasteiger partial charge on any atom is 0.0930 e. The van der Waals surface area contributed by atoms with Gasteiger partial charge in [-0.3, -0.25) is 0 Å². The molecule has 0 aliphatic carbocycles. The van der Waals surface area contributed by atoms with Crippen LogP contribution in [0.1, 0.15) is 12.6 Å². The third kappa shape index (κ3) is 1.85. The molecule has 3 heteroatoms. The maximum absolute atomic E-state index is 4.68. The summed E-state index contributed by atoms with van der Waals surface area (Å²) >= 11 is 3.46. The third-order valence-corrected chi connectivity index (χ3v) is 3.61. The molecule has 0 fully saturated rings. The molecule has 0 N–H and O–H groups in total. The van der Waals surface area contributed by atoms with Crippen LogP contribution in [0.4, 0.5) is 0 Å². The predicted molar refractivity (Wildman–Crippen MR) is 78.1 cm³/mol. The summed E-state index contributed by atoms with van der Waals surface area (Å²) < 4.78 is 3.12. The van der Waals surface area contributed by atoms with E-state index < -0.39 is 0 Å². The molecule has 2 aromatic carbocycles. The molecule has 0 saturated heterocycles. The zero-order valence-electron chi connectivity index (χ0n) is 10.1. The lowest BCUT2D eigenvalue weighted by Crippen LogP contribution is -2.00. The van der Waals surface area contributed by atoms with Gasteiger partial charge >= 0.3 is 0 Å². The van der Waals surface area contributed by atoms with Gasteiger partial charge in [-0.25, -0.2) is 4.68 Å². The fourth-order valence-corrected chi connectivity index (χ4v) is 2.49.